The first kappa shape index (κ1) is 18.2. The molecule has 2 heterocycles. The number of hydrazine groups is 1. The molecule has 2 aromatic heterocycles. The lowest BCUT2D eigenvalue weighted by Gasteiger charge is -2.11. The van der Waals surface area contributed by atoms with Crippen molar-refractivity contribution in [1.29, 1.82) is 0 Å². The van der Waals surface area contributed by atoms with Crippen LogP contribution in [0.4, 0.5) is 5.95 Å². The van der Waals surface area contributed by atoms with E-state index < -0.39 is 11.2 Å². The van der Waals surface area contributed by atoms with E-state index in [1.54, 1.807) is 6.08 Å². The summed E-state index contributed by atoms with van der Waals surface area (Å²) in [4.78, 5) is 30.5. The van der Waals surface area contributed by atoms with Gasteiger partial charge in [0.15, 0.2) is 11.2 Å². The lowest BCUT2D eigenvalue weighted by atomic mass is 10.2. The Hall–Kier alpha value is -3.59. The molecule has 4 N–H and O–H groups in total. The van der Waals surface area contributed by atoms with Crippen molar-refractivity contribution in [3.63, 3.8) is 0 Å². The van der Waals surface area contributed by atoms with Crippen LogP contribution in [0.25, 0.3) is 17.2 Å². The summed E-state index contributed by atoms with van der Waals surface area (Å²) in [5.41, 5.74) is 6.62. The Morgan fingerprint density at radius 2 is 2.07 bits per heavy atom. The minimum absolute atomic E-state index is 0.133. The first-order valence-electron chi connectivity index (χ1n) is 8.25. The van der Waals surface area contributed by atoms with Gasteiger partial charge in [-0.05, 0) is 11.6 Å². The monoisotopic (exact) mass is 368 g/mol. The fraction of sp³-hybridized carbons (Fsp3) is 0.167. The Morgan fingerprint density at radius 3 is 2.78 bits per heavy atom. The summed E-state index contributed by atoms with van der Waals surface area (Å²) in [6.07, 6.45) is 3.67. The van der Waals surface area contributed by atoms with Crippen LogP contribution in [0.5, 0.6) is 0 Å². The quantitative estimate of drug-likeness (QED) is 0.358. The maximum absolute atomic E-state index is 12.2. The van der Waals surface area contributed by atoms with Gasteiger partial charge in [0.05, 0.1) is 6.61 Å². The maximum atomic E-state index is 12.2. The second-order valence-corrected chi connectivity index (χ2v) is 5.82. The highest BCUT2D eigenvalue weighted by Gasteiger charge is 2.16. The van der Waals surface area contributed by atoms with Gasteiger partial charge in [0, 0.05) is 19.3 Å². The van der Waals surface area contributed by atoms with Gasteiger partial charge in [0.25, 0.3) is 5.56 Å². The number of H-pyrrole nitrogens is 1. The van der Waals surface area contributed by atoms with Gasteiger partial charge in [-0.3, -0.25) is 25.2 Å². The van der Waals surface area contributed by atoms with Gasteiger partial charge < -0.3 is 9.67 Å². The van der Waals surface area contributed by atoms with Gasteiger partial charge >= 0.3 is 5.69 Å². The Balaban J connectivity index is 1.85. The van der Waals surface area contributed by atoms with Crippen LogP contribution in [0, 0.1) is 0 Å². The van der Waals surface area contributed by atoms with Crippen LogP contribution in [-0.2, 0) is 13.6 Å². The molecule has 0 aliphatic heterocycles. The molecule has 0 bridgehead atoms. The molecule has 140 valence electrons. The van der Waals surface area contributed by atoms with E-state index in [0.717, 1.165) is 5.56 Å². The molecule has 3 aromatic rings. The topological polar surface area (TPSA) is 117 Å². The zero-order valence-corrected chi connectivity index (χ0v) is 14.8. The smallest absolute Gasteiger partial charge is 0.329 e. The molecule has 27 heavy (non-hydrogen) atoms. The largest absolute Gasteiger partial charge is 0.395 e. The van der Waals surface area contributed by atoms with E-state index in [1.165, 1.54) is 16.2 Å². The fourth-order valence-electron chi connectivity index (χ4n) is 2.59. The number of allylic oxidation sites excluding steroid dienone is 1. The number of nitrogens with zero attached hydrogens (tertiary/aromatic N) is 3. The summed E-state index contributed by atoms with van der Waals surface area (Å²) in [6, 6.07) is 9.74. The van der Waals surface area contributed by atoms with Gasteiger partial charge in [-0.2, -0.15) is 4.98 Å². The molecule has 3 rings (SSSR count). The first-order valence-corrected chi connectivity index (χ1v) is 8.25. The zero-order valence-electron chi connectivity index (χ0n) is 14.8. The van der Waals surface area contributed by atoms with E-state index in [4.69, 9.17) is 0 Å². The molecule has 9 nitrogen and oxygen atoms in total. The molecule has 9 heteroatoms. The van der Waals surface area contributed by atoms with Gasteiger partial charge in [-0.1, -0.05) is 43.0 Å². The third kappa shape index (κ3) is 3.82. The average molecular weight is 368 g/mol. The number of aliphatic hydroxyl groups excluding tert-OH is 1. The molecule has 0 atom stereocenters. The number of fused-ring (bicyclic) bond motifs is 1. The second-order valence-electron chi connectivity index (χ2n) is 5.82. The van der Waals surface area contributed by atoms with Crippen molar-refractivity contribution < 1.29 is 5.11 Å². The summed E-state index contributed by atoms with van der Waals surface area (Å²) in [7, 11) is 1.51. The van der Waals surface area contributed by atoms with Crippen LogP contribution < -0.4 is 22.1 Å². The van der Waals surface area contributed by atoms with Gasteiger partial charge in [-0.15, -0.1) is 0 Å². The van der Waals surface area contributed by atoms with Gasteiger partial charge in [0.2, 0.25) is 5.95 Å². The minimum Gasteiger partial charge on any atom is -0.395 e. The lowest BCUT2D eigenvalue weighted by Crippen LogP contribution is -2.29. The Kier molecular flexibility index (Phi) is 5.23. The highest BCUT2D eigenvalue weighted by molar-refractivity contribution is 5.74. The predicted molar refractivity (Wildman–Crippen MR) is 104 cm³/mol. The number of aliphatic hydroxyl groups is 1. The second kappa shape index (κ2) is 7.75. The van der Waals surface area contributed by atoms with E-state index in [2.05, 4.69) is 27.4 Å². The van der Waals surface area contributed by atoms with Crippen molar-refractivity contribution in [3.8, 4) is 0 Å². The standard InChI is InChI=1S/C18H20N6O3/c1-12(8-9-13-6-4-3-5-7-13)21-22-17-19-15-14(24(17)10-11-25)16(26)20-18(27)23(15)2/h3-9,21,25H,1,10-11H2,2H3,(H,19,22)(H,20,26,27). The van der Waals surface area contributed by atoms with Crippen LogP contribution in [0.15, 0.2) is 58.3 Å². The van der Waals surface area contributed by atoms with Crippen LogP contribution >= 0.6 is 0 Å². The number of aromatic nitrogens is 4. The normalized spacial score (nSPS) is 11.2. The molecule has 0 spiro atoms. The molecular formula is C18H20N6O3. The van der Waals surface area contributed by atoms with Gasteiger partial charge in [0.1, 0.15) is 0 Å². The molecule has 0 saturated heterocycles. The Morgan fingerprint density at radius 1 is 1.33 bits per heavy atom. The lowest BCUT2D eigenvalue weighted by molar-refractivity contribution is 0.278. The molecule has 0 aliphatic rings. The van der Waals surface area contributed by atoms with Crippen LogP contribution in [0.2, 0.25) is 0 Å². The van der Waals surface area contributed by atoms with E-state index in [-0.39, 0.29) is 30.3 Å². The van der Waals surface area contributed by atoms with Crippen molar-refractivity contribution in [3.05, 3.63) is 75.1 Å². The number of anilines is 1. The average Bonchev–Trinajstić information content (AvgIpc) is 3.03. The zero-order chi connectivity index (χ0) is 19.4. The van der Waals surface area contributed by atoms with Crippen molar-refractivity contribution >= 4 is 23.2 Å². The molecular weight excluding hydrogens is 348 g/mol. The van der Waals surface area contributed by atoms with Crippen LogP contribution in [0.1, 0.15) is 5.56 Å². The Bertz CT molecular complexity index is 1110. The number of nitrogens with one attached hydrogen (secondary N) is 3. The summed E-state index contributed by atoms with van der Waals surface area (Å²) in [5, 5.41) is 9.32. The minimum atomic E-state index is -0.565. The number of hydrogen-bond acceptors (Lipinski definition) is 6. The number of benzene rings is 1. The van der Waals surface area contributed by atoms with Crippen molar-refractivity contribution in [2.45, 2.75) is 6.54 Å². The number of aryl methyl sites for hydroxylation is 1. The third-order valence-electron chi connectivity index (χ3n) is 3.94. The SMILES string of the molecule is C=C(C=Cc1ccccc1)NNc1nc2c(c(=O)[nH]c(=O)n2C)n1CCO. The van der Waals surface area contributed by atoms with Crippen molar-refractivity contribution in [1.82, 2.24) is 24.5 Å². The molecule has 0 amide bonds. The van der Waals surface area contributed by atoms with E-state index in [0.29, 0.717) is 5.70 Å². The predicted octanol–water partition coefficient (Wildman–Crippen LogP) is 0.559. The molecule has 0 unspecified atom stereocenters. The summed E-state index contributed by atoms with van der Waals surface area (Å²) >= 11 is 0. The highest BCUT2D eigenvalue weighted by Crippen LogP contribution is 2.14. The van der Waals surface area contributed by atoms with E-state index >= 15 is 0 Å². The number of aromatic amines is 1. The Labute approximate surface area is 154 Å². The molecule has 1 aromatic carbocycles. The highest BCUT2D eigenvalue weighted by atomic mass is 16.3. The van der Waals surface area contributed by atoms with E-state index in [9.17, 15) is 14.7 Å². The molecule has 0 saturated carbocycles. The molecule has 0 aliphatic carbocycles. The van der Waals surface area contributed by atoms with Gasteiger partial charge in [-0.25, -0.2) is 4.79 Å². The third-order valence-corrected chi connectivity index (χ3v) is 3.94. The summed E-state index contributed by atoms with van der Waals surface area (Å²) in [6.45, 7) is 3.83. The molecule has 0 radical (unpaired) electrons. The van der Waals surface area contributed by atoms with E-state index in [1.807, 2.05) is 36.4 Å². The van der Waals surface area contributed by atoms with Crippen LogP contribution in [0.3, 0.4) is 0 Å². The molecule has 0 fully saturated rings. The number of imidazole rings is 1. The fourth-order valence-corrected chi connectivity index (χ4v) is 2.59. The number of rotatable bonds is 7. The maximum Gasteiger partial charge on any atom is 0.329 e. The van der Waals surface area contributed by atoms with Crippen LogP contribution in [-0.4, -0.2) is 30.8 Å². The van der Waals surface area contributed by atoms with Crippen molar-refractivity contribution in [2.24, 2.45) is 7.05 Å². The summed E-state index contributed by atoms with van der Waals surface area (Å²) < 4.78 is 2.73. The summed E-state index contributed by atoms with van der Waals surface area (Å²) in [5.74, 6) is 0.278. The first-order chi connectivity index (χ1) is 13.0. The number of hydrogen-bond donors (Lipinski definition) is 4. The van der Waals surface area contributed by atoms with Crippen molar-refractivity contribution in [2.75, 3.05) is 12.0 Å².